The second-order valence-electron chi connectivity index (χ2n) is 3.65. The summed E-state index contributed by atoms with van der Waals surface area (Å²) in [7, 11) is 2.13. The molecule has 3 heteroatoms. The minimum Gasteiger partial charge on any atom is -0.326 e. The molecule has 0 aromatic carbocycles. The summed E-state index contributed by atoms with van der Waals surface area (Å²) in [6.07, 6.45) is 1.12. The van der Waals surface area contributed by atoms with Gasteiger partial charge in [-0.2, -0.15) is 0 Å². The molecule has 3 nitrogen and oxygen atoms in total. The fraction of sp³-hybridized carbons (Fsp3) is 1.00. The van der Waals surface area contributed by atoms with E-state index in [0.717, 1.165) is 19.5 Å². The molecule has 2 N–H and O–H groups in total. The van der Waals surface area contributed by atoms with Crippen LogP contribution in [0.2, 0.25) is 0 Å². The lowest BCUT2D eigenvalue weighted by Gasteiger charge is -2.41. The van der Waals surface area contributed by atoms with Gasteiger partial charge in [-0.3, -0.25) is 0 Å². The van der Waals surface area contributed by atoms with Gasteiger partial charge in [-0.25, -0.2) is 10.0 Å². The molecule has 0 unspecified atom stereocenters. The summed E-state index contributed by atoms with van der Waals surface area (Å²) in [5.41, 5.74) is 5.86. The summed E-state index contributed by atoms with van der Waals surface area (Å²) < 4.78 is 0. The number of hydrogen-bond donors (Lipinski definition) is 1. The third kappa shape index (κ3) is 2.15. The van der Waals surface area contributed by atoms with Crippen molar-refractivity contribution in [1.82, 2.24) is 10.0 Å². The van der Waals surface area contributed by atoms with E-state index in [1.165, 1.54) is 0 Å². The summed E-state index contributed by atoms with van der Waals surface area (Å²) in [4.78, 5) is 0. The molecule has 0 saturated carbocycles. The molecule has 11 heavy (non-hydrogen) atoms. The highest BCUT2D eigenvalue weighted by Gasteiger charge is 2.22. The monoisotopic (exact) mass is 157 g/mol. The van der Waals surface area contributed by atoms with E-state index in [4.69, 9.17) is 5.73 Å². The van der Waals surface area contributed by atoms with E-state index in [-0.39, 0.29) is 0 Å². The van der Waals surface area contributed by atoms with Gasteiger partial charge in [0.2, 0.25) is 0 Å². The maximum Gasteiger partial charge on any atom is 0.0288 e. The van der Waals surface area contributed by atoms with Crippen LogP contribution in [0.15, 0.2) is 0 Å². The van der Waals surface area contributed by atoms with E-state index in [1.54, 1.807) is 0 Å². The van der Waals surface area contributed by atoms with Crippen molar-refractivity contribution < 1.29 is 0 Å². The van der Waals surface area contributed by atoms with Gasteiger partial charge in [0.25, 0.3) is 0 Å². The molecular formula is C8H19N3. The fourth-order valence-corrected chi connectivity index (χ4v) is 1.56. The molecular weight excluding hydrogens is 138 g/mol. The van der Waals surface area contributed by atoms with Gasteiger partial charge in [-0.15, -0.1) is 0 Å². The Labute approximate surface area is 69.1 Å². The topological polar surface area (TPSA) is 32.5 Å². The zero-order valence-electron chi connectivity index (χ0n) is 7.75. The third-order valence-corrected chi connectivity index (χ3v) is 2.28. The molecule has 1 rings (SSSR count). The van der Waals surface area contributed by atoms with Crippen LogP contribution >= 0.6 is 0 Å². The van der Waals surface area contributed by atoms with Crippen LogP contribution in [-0.4, -0.2) is 42.2 Å². The Kier molecular flexibility index (Phi) is 2.87. The number of nitrogens with zero attached hydrogens (tertiary/aromatic N) is 2. The molecule has 0 aliphatic carbocycles. The third-order valence-electron chi connectivity index (χ3n) is 2.28. The minimum absolute atomic E-state index is 0.369. The first kappa shape index (κ1) is 8.97. The molecule has 66 valence electrons. The standard InChI is InChI=1S/C8H19N3/c1-7(2)11-6-8(9)4-5-10(11)3/h7-8H,4-6,9H2,1-3H3/t8-/m1/s1. The molecule has 0 aromatic rings. The molecule has 1 aliphatic heterocycles. The highest BCUT2D eigenvalue weighted by Crippen LogP contribution is 2.10. The molecule has 0 amide bonds. The van der Waals surface area contributed by atoms with Gasteiger partial charge < -0.3 is 5.73 Å². The molecule has 0 aromatic heterocycles. The first-order chi connectivity index (χ1) is 5.11. The quantitative estimate of drug-likeness (QED) is 0.593. The maximum atomic E-state index is 5.86. The van der Waals surface area contributed by atoms with E-state index in [2.05, 4.69) is 30.9 Å². The van der Waals surface area contributed by atoms with E-state index in [9.17, 15) is 0 Å². The fourth-order valence-electron chi connectivity index (χ4n) is 1.56. The first-order valence-electron chi connectivity index (χ1n) is 4.34. The number of hydrazine groups is 1. The van der Waals surface area contributed by atoms with Gasteiger partial charge in [0.05, 0.1) is 0 Å². The molecule has 0 radical (unpaired) electrons. The van der Waals surface area contributed by atoms with Crippen LogP contribution in [0, 0.1) is 0 Å². The van der Waals surface area contributed by atoms with Gasteiger partial charge in [0, 0.05) is 32.2 Å². The van der Waals surface area contributed by atoms with Gasteiger partial charge in [0.15, 0.2) is 0 Å². The van der Waals surface area contributed by atoms with Crippen molar-refractivity contribution in [3.63, 3.8) is 0 Å². The summed E-state index contributed by atoms with van der Waals surface area (Å²) in [5.74, 6) is 0. The Hall–Kier alpha value is -0.120. The van der Waals surface area contributed by atoms with Crippen molar-refractivity contribution in [3.8, 4) is 0 Å². The van der Waals surface area contributed by atoms with E-state index in [1.807, 2.05) is 0 Å². The molecule has 1 fully saturated rings. The van der Waals surface area contributed by atoms with Crippen LogP contribution in [0.1, 0.15) is 20.3 Å². The van der Waals surface area contributed by atoms with Crippen LogP contribution in [0.4, 0.5) is 0 Å². The number of hydrogen-bond acceptors (Lipinski definition) is 3. The molecule has 0 spiro atoms. The average molecular weight is 157 g/mol. The predicted molar refractivity (Wildman–Crippen MR) is 47.1 cm³/mol. The number of rotatable bonds is 1. The first-order valence-corrected chi connectivity index (χ1v) is 4.34. The smallest absolute Gasteiger partial charge is 0.0288 e. The van der Waals surface area contributed by atoms with Gasteiger partial charge >= 0.3 is 0 Å². The molecule has 1 saturated heterocycles. The highest BCUT2D eigenvalue weighted by molar-refractivity contribution is 4.75. The zero-order valence-corrected chi connectivity index (χ0v) is 7.75. The van der Waals surface area contributed by atoms with Crippen molar-refractivity contribution in [1.29, 1.82) is 0 Å². The van der Waals surface area contributed by atoms with Crippen molar-refractivity contribution in [3.05, 3.63) is 0 Å². The van der Waals surface area contributed by atoms with Crippen molar-refractivity contribution in [2.45, 2.75) is 32.4 Å². The van der Waals surface area contributed by atoms with E-state index in [0.29, 0.717) is 12.1 Å². The summed E-state index contributed by atoms with van der Waals surface area (Å²) in [5, 5.41) is 4.60. The lowest BCUT2D eigenvalue weighted by atomic mass is 10.1. The Balaban J connectivity index is 2.47. The Bertz CT molecular complexity index is 125. The Morgan fingerprint density at radius 1 is 1.45 bits per heavy atom. The van der Waals surface area contributed by atoms with Crippen molar-refractivity contribution in [2.24, 2.45) is 5.73 Å². The Morgan fingerprint density at radius 2 is 2.09 bits per heavy atom. The van der Waals surface area contributed by atoms with Crippen molar-refractivity contribution in [2.75, 3.05) is 20.1 Å². The van der Waals surface area contributed by atoms with Crippen LogP contribution in [0.3, 0.4) is 0 Å². The maximum absolute atomic E-state index is 5.86. The Morgan fingerprint density at radius 3 is 2.55 bits per heavy atom. The van der Waals surface area contributed by atoms with E-state index < -0.39 is 0 Å². The van der Waals surface area contributed by atoms with Crippen LogP contribution in [0.5, 0.6) is 0 Å². The van der Waals surface area contributed by atoms with Crippen molar-refractivity contribution >= 4 is 0 Å². The minimum atomic E-state index is 0.369. The SMILES string of the molecule is CC(C)N1C[C@H](N)CCN1C. The van der Waals surface area contributed by atoms with Crippen LogP contribution in [-0.2, 0) is 0 Å². The van der Waals surface area contributed by atoms with Gasteiger partial charge in [-0.05, 0) is 20.3 Å². The normalized spacial score (nSPS) is 29.7. The van der Waals surface area contributed by atoms with Gasteiger partial charge in [0.1, 0.15) is 0 Å². The largest absolute Gasteiger partial charge is 0.326 e. The predicted octanol–water partition coefficient (Wildman–Crippen LogP) is 0.275. The summed E-state index contributed by atoms with van der Waals surface area (Å²) >= 11 is 0. The molecule has 1 heterocycles. The lowest BCUT2D eigenvalue weighted by Crippen LogP contribution is -2.55. The summed E-state index contributed by atoms with van der Waals surface area (Å²) in [6.45, 7) is 6.51. The molecule has 1 aliphatic rings. The second-order valence-corrected chi connectivity index (χ2v) is 3.65. The molecule has 1 atom stereocenters. The average Bonchev–Trinajstić information content (AvgIpc) is 1.94. The molecule has 0 bridgehead atoms. The van der Waals surface area contributed by atoms with Gasteiger partial charge in [-0.1, -0.05) is 0 Å². The second kappa shape index (κ2) is 3.52. The number of nitrogens with two attached hydrogens (primary N) is 1. The highest BCUT2D eigenvalue weighted by atomic mass is 15.6. The zero-order chi connectivity index (χ0) is 8.43. The van der Waals surface area contributed by atoms with E-state index >= 15 is 0 Å². The van der Waals surface area contributed by atoms with Crippen LogP contribution < -0.4 is 5.73 Å². The lowest BCUT2D eigenvalue weighted by molar-refractivity contribution is -0.0589. The summed E-state index contributed by atoms with van der Waals surface area (Å²) in [6, 6.07) is 0.944. The van der Waals surface area contributed by atoms with Crippen LogP contribution in [0.25, 0.3) is 0 Å².